The van der Waals surface area contributed by atoms with Crippen molar-refractivity contribution in [2.45, 2.75) is 13.8 Å². The number of aromatic nitrogens is 2. The minimum Gasteiger partial charge on any atom is -0.308 e. The second-order valence-electron chi connectivity index (χ2n) is 6.72. The number of imidazole rings is 1. The van der Waals surface area contributed by atoms with Crippen molar-refractivity contribution in [2.75, 3.05) is 21.1 Å². The van der Waals surface area contributed by atoms with Crippen molar-refractivity contribution in [3.63, 3.8) is 0 Å². The van der Waals surface area contributed by atoms with Crippen LogP contribution in [0.15, 0.2) is 41.2 Å². The summed E-state index contributed by atoms with van der Waals surface area (Å²) in [7, 11) is -0.00639. The molecule has 2 aromatic carbocycles. The van der Waals surface area contributed by atoms with Crippen molar-refractivity contribution in [3.05, 3.63) is 52.4 Å². The molecule has 0 fully saturated rings. The second kappa shape index (κ2) is 7.63. The number of anilines is 3. The van der Waals surface area contributed by atoms with Gasteiger partial charge in [-0.2, -0.15) is 0 Å². The van der Waals surface area contributed by atoms with Crippen molar-refractivity contribution < 1.29 is 13.2 Å². The predicted octanol–water partition coefficient (Wildman–Crippen LogP) is 2.59. The third-order valence-electron chi connectivity index (χ3n) is 4.66. The maximum atomic E-state index is 12.3. The molecule has 1 heterocycles. The molecule has 3 N–H and O–H groups in total. The molecule has 10 heteroatoms. The fraction of sp³-hybridized carbons (Fsp3) is 0.263. The summed E-state index contributed by atoms with van der Waals surface area (Å²) in [4.78, 5) is 24.4. The Bertz CT molecular complexity index is 1260. The number of sulfonamides is 1. The zero-order chi connectivity index (χ0) is 21.3. The summed E-state index contributed by atoms with van der Waals surface area (Å²) < 4.78 is 29.0. The van der Waals surface area contributed by atoms with E-state index in [1.54, 1.807) is 64.3 Å². The third-order valence-corrected chi connectivity index (χ3v) is 5.95. The van der Waals surface area contributed by atoms with Gasteiger partial charge in [0.2, 0.25) is 10.0 Å². The summed E-state index contributed by atoms with van der Waals surface area (Å²) in [6.07, 6.45) is 0. The van der Waals surface area contributed by atoms with Crippen LogP contribution in [0.3, 0.4) is 0 Å². The number of nitrogens with one attached hydrogen (secondary N) is 3. The quantitative estimate of drug-likeness (QED) is 0.592. The monoisotopic (exact) mass is 417 g/mol. The number of fused-ring (bicyclic) bond motifs is 1. The molecule has 0 saturated heterocycles. The van der Waals surface area contributed by atoms with Crippen LogP contribution in [0.4, 0.5) is 21.9 Å². The molecule has 3 rings (SSSR count). The summed E-state index contributed by atoms with van der Waals surface area (Å²) in [5.74, 6) is -0.0216. The van der Waals surface area contributed by atoms with Gasteiger partial charge in [-0.25, -0.2) is 18.0 Å². The van der Waals surface area contributed by atoms with Gasteiger partial charge in [0.25, 0.3) is 0 Å². The van der Waals surface area contributed by atoms with Gasteiger partial charge in [0.15, 0.2) is 0 Å². The zero-order valence-electron chi connectivity index (χ0n) is 16.6. The molecule has 0 atom stereocenters. The average molecular weight is 417 g/mol. The van der Waals surface area contributed by atoms with Crippen LogP contribution in [0.1, 0.15) is 12.5 Å². The summed E-state index contributed by atoms with van der Waals surface area (Å²) >= 11 is 0. The molecule has 1 aromatic heterocycles. The van der Waals surface area contributed by atoms with E-state index in [0.29, 0.717) is 28.1 Å². The van der Waals surface area contributed by atoms with Crippen LogP contribution in [-0.2, 0) is 24.1 Å². The molecule has 3 aromatic rings. The molecule has 0 aliphatic heterocycles. The SMILES string of the molecule is CCS(=O)(=O)Nc1ccc(NC(=O)Nc2ccc3c(c2)n(C)c(=O)n3C)cc1C. The van der Waals surface area contributed by atoms with Gasteiger partial charge in [-0.05, 0) is 55.8 Å². The first kappa shape index (κ1) is 20.5. The Balaban J connectivity index is 1.74. The lowest BCUT2D eigenvalue weighted by Crippen LogP contribution is -2.20. The molecule has 0 radical (unpaired) electrons. The standard InChI is InChI=1S/C19H23N5O4S/c1-5-29(27,28)22-15-8-6-13(10-12(15)2)20-18(25)21-14-7-9-16-17(11-14)24(4)19(26)23(16)3/h6-11,22H,5H2,1-4H3,(H2,20,21,25). The van der Waals surface area contributed by atoms with Crippen LogP contribution in [0.5, 0.6) is 0 Å². The van der Waals surface area contributed by atoms with Gasteiger partial charge in [0, 0.05) is 25.5 Å². The lowest BCUT2D eigenvalue weighted by atomic mass is 10.2. The van der Waals surface area contributed by atoms with E-state index < -0.39 is 16.1 Å². The molecule has 0 spiro atoms. The predicted molar refractivity (Wildman–Crippen MR) is 115 cm³/mol. The lowest BCUT2D eigenvalue weighted by molar-refractivity contribution is 0.262. The van der Waals surface area contributed by atoms with Gasteiger partial charge in [0.1, 0.15) is 0 Å². The van der Waals surface area contributed by atoms with E-state index in [9.17, 15) is 18.0 Å². The molecule has 154 valence electrons. The van der Waals surface area contributed by atoms with Gasteiger partial charge in [-0.3, -0.25) is 13.9 Å². The second-order valence-corrected chi connectivity index (χ2v) is 8.73. The van der Waals surface area contributed by atoms with Crippen LogP contribution in [0, 0.1) is 6.92 Å². The fourth-order valence-electron chi connectivity index (χ4n) is 2.97. The number of hydrogen-bond donors (Lipinski definition) is 3. The van der Waals surface area contributed by atoms with E-state index in [1.165, 1.54) is 9.13 Å². The molecule has 9 nitrogen and oxygen atoms in total. The van der Waals surface area contributed by atoms with Crippen LogP contribution in [0.25, 0.3) is 11.0 Å². The first-order valence-corrected chi connectivity index (χ1v) is 10.6. The maximum Gasteiger partial charge on any atom is 0.328 e. The van der Waals surface area contributed by atoms with E-state index >= 15 is 0 Å². The normalized spacial score (nSPS) is 11.4. The number of hydrogen-bond acceptors (Lipinski definition) is 4. The molecular formula is C19H23N5O4S. The molecular weight excluding hydrogens is 394 g/mol. The number of nitrogens with zero attached hydrogens (tertiary/aromatic N) is 2. The highest BCUT2D eigenvalue weighted by molar-refractivity contribution is 7.92. The summed E-state index contributed by atoms with van der Waals surface area (Å²) in [5, 5.41) is 5.45. The number of carbonyl (C=O) groups is 1. The zero-order valence-corrected chi connectivity index (χ0v) is 17.4. The number of urea groups is 1. The summed E-state index contributed by atoms with van der Waals surface area (Å²) in [6.45, 7) is 3.31. The summed E-state index contributed by atoms with van der Waals surface area (Å²) in [5.41, 5.74) is 3.54. The highest BCUT2D eigenvalue weighted by Gasteiger charge is 2.12. The van der Waals surface area contributed by atoms with E-state index in [-0.39, 0.29) is 11.4 Å². The largest absolute Gasteiger partial charge is 0.328 e. The van der Waals surface area contributed by atoms with E-state index in [1.807, 2.05) is 0 Å². The minimum atomic E-state index is -3.37. The molecule has 0 bridgehead atoms. The maximum absolute atomic E-state index is 12.3. The number of carbonyl (C=O) groups excluding carboxylic acids is 1. The number of rotatable bonds is 5. The van der Waals surface area contributed by atoms with E-state index in [2.05, 4.69) is 15.4 Å². The van der Waals surface area contributed by atoms with Crippen LogP contribution in [0.2, 0.25) is 0 Å². The Morgan fingerprint density at radius 2 is 1.55 bits per heavy atom. The van der Waals surface area contributed by atoms with Crippen molar-refractivity contribution in [1.82, 2.24) is 9.13 Å². The Hall–Kier alpha value is -3.27. The van der Waals surface area contributed by atoms with Crippen molar-refractivity contribution in [1.29, 1.82) is 0 Å². The third kappa shape index (κ3) is 4.27. The molecule has 0 aliphatic carbocycles. The van der Waals surface area contributed by atoms with Crippen molar-refractivity contribution in [2.24, 2.45) is 14.1 Å². The van der Waals surface area contributed by atoms with E-state index in [4.69, 9.17) is 0 Å². The lowest BCUT2D eigenvalue weighted by Gasteiger charge is -2.12. The highest BCUT2D eigenvalue weighted by atomic mass is 32.2. The Labute approximate surface area is 168 Å². The van der Waals surface area contributed by atoms with Gasteiger partial charge in [-0.1, -0.05) is 0 Å². The van der Waals surface area contributed by atoms with Gasteiger partial charge < -0.3 is 10.6 Å². The molecule has 0 saturated carbocycles. The first-order chi connectivity index (χ1) is 13.6. The minimum absolute atomic E-state index is 0.0216. The Morgan fingerprint density at radius 3 is 2.17 bits per heavy atom. The fourth-order valence-corrected chi connectivity index (χ4v) is 3.68. The smallest absolute Gasteiger partial charge is 0.308 e. The summed E-state index contributed by atoms with van der Waals surface area (Å²) in [6, 6.07) is 9.65. The van der Waals surface area contributed by atoms with Crippen LogP contribution >= 0.6 is 0 Å². The molecule has 0 aliphatic rings. The number of aryl methyl sites for hydroxylation is 3. The highest BCUT2D eigenvalue weighted by Crippen LogP contribution is 2.22. The van der Waals surface area contributed by atoms with Crippen molar-refractivity contribution >= 4 is 44.1 Å². The van der Waals surface area contributed by atoms with E-state index in [0.717, 1.165) is 5.52 Å². The Kier molecular flexibility index (Phi) is 5.38. The van der Waals surface area contributed by atoms with Gasteiger partial charge in [0.05, 0.1) is 22.5 Å². The Morgan fingerprint density at radius 1 is 0.966 bits per heavy atom. The topological polar surface area (TPSA) is 114 Å². The number of amides is 2. The molecule has 29 heavy (non-hydrogen) atoms. The first-order valence-electron chi connectivity index (χ1n) is 8.96. The van der Waals surface area contributed by atoms with Crippen LogP contribution in [-0.4, -0.2) is 29.3 Å². The molecule has 0 unspecified atom stereocenters. The number of benzene rings is 2. The van der Waals surface area contributed by atoms with Crippen molar-refractivity contribution in [3.8, 4) is 0 Å². The van der Waals surface area contributed by atoms with Gasteiger partial charge >= 0.3 is 11.7 Å². The van der Waals surface area contributed by atoms with Gasteiger partial charge in [-0.15, -0.1) is 0 Å². The average Bonchev–Trinajstić information content (AvgIpc) is 2.88. The molecule has 2 amide bonds. The van der Waals surface area contributed by atoms with Crippen LogP contribution < -0.4 is 21.0 Å².